The SMILES string of the molecule is COC(CCN1C=CC=C(C(N)=O)C1)CO[P+](O)(OC)OC(C)C. The van der Waals surface area contributed by atoms with E-state index >= 15 is 0 Å². The van der Waals surface area contributed by atoms with Gasteiger partial charge in [0, 0.05) is 25.8 Å². The zero-order valence-corrected chi connectivity index (χ0v) is 15.6. The number of carbonyl (C=O) groups excluding carboxylic acids is 1. The summed E-state index contributed by atoms with van der Waals surface area (Å²) >= 11 is 0. The highest BCUT2D eigenvalue weighted by molar-refractivity contribution is 7.55. The smallest absolute Gasteiger partial charge is 0.379 e. The molecule has 0 aliphatic carbocycles. The van der Waals surface area contributed by atoms with Crippen LogP contribution in [-0.4, -0.2) is 61.8 Å². The van der Waals surface area contributed by atoms with Gasteiger partial charge in [0.25, 0.3) is 0 Å². The van der Waals surface area contributed by atoms with Crippen LogP contribution in [0.15, 0.2) is 23.9 Å². The van der Waals surface area contributed by atoms with Crippen LogP contribution in [0.5, 0.6) is 0 Å². The molecular formula is C15H28N2O6P+. The topological polar surface area (TPSA) is 103 Å². The fraction of sp³-hybridized carbons (Fsp3) is 0.667. The van der Waals surface area contributed by atoms with Gasteiger partial charge in [0.2, 0.25) is 5.91 Å². The number of nitrogens with two attached hydrogens (primary N) is 1. The van der Waals surface area contributed by atoms with Crippen molar-refractivity contribution in [2.45, 2.75) is 32.5 Å². The normalized spacial score (nSPS) is 18.4. The third kappa shape index (κ3) is 7.25. The molecule has 9 heteroatoms. The van der Waals surface area contributed by atoms with Crippen LogP contribution in [0.1, 0.15) is 20.3 Å². The van der Waals surface area contributed by atoms with Gasteiger partial charge in [-0.15, -0.1) is 0 Å². The summed E-state index contributed by atoms with van der Waals surface area (Å²) in [5.41, 5.74) is 5.86. The number of nitrogens with zero attached hydrogens (tertiary/aromatic N) is 1. The van der Waals surface area contributed by atoms with Crippen LogP contribution >= 0.6 is 8.17 Å². The van der Waals surface area contributed by atoms with Gasteiger partial charge in [-0.05, 0) is 32.5 Å². The Kier molecular flexibility index (Phi) is 8.83. The first kappa shape index (κ1) is 21.0. The van der Waals surface area contributed by atoms with Gasteiger partial charge in [0.05, 0.1) is 13.2 Å². The van der Waals surface area contributed by atoms with Crippen molar-refractivity contribution in [2.75, 3.05) is 33.9 Å². The summed E-state index contributed by atoms with van der Waals surface area (Å²) < 4.78 is 21.1. The number of ether oxygens (including phenoxy) is 1. The summed E-state index contributed by atoms with van der Waals surface area (Å²) in [6, 6.07) is 0. The highest BCUT2D eigenvalue weighted by atomic mass is 31.2. The predicted molar refractivity (Wildman–Crippen MR) is 91.7 cm³/mol. The molecule has 0 radical (unpaired) electrons. The van der Waals surface area contributed by atoms with E-state index in [2.05, 4.69) is 0 Å². The first-order valence-corrected chi connectivity index (χ1v) is 9.23. The van der Waals surface area contributed by atoms with Crippen LogP contribution in [0.25, 0.3) is 0 Å². The van der Waals surface area contributed by atoms with E-state index in [9.17, 15) is 9.69 Å². The molecule has 0 saturated carbocycles. The molecule has 1 heterocycles. The molecule has 1 rings (SSSR count). The lowest BCUT2D eigenvalue weighted by Crippen LogP contribution is -2.32. The fourth-order valence-corrected chi connectivity index (χ4v) is 3.21. The Labute approximate surface area is 143 Å². The van der Waals surface area contributed by atoms with Crippen LogP contribution in [0.3, 0.4) is 0 Å². The van der Waals surface area contributed by atoms with Crippen molar-refractivity contribution in [3.05, 3.63) is 23.9 Å². The Bertz CT molecular complexity index is 471. The first-order chi connectivity index (χ1) is 11.3. The highest BCUT2D eigenvalue weighted by Crippen LogP contribution is 2.58. The maximum Gasteiger partial charge on any atom is 0.572 e. The number of carbonyl (C=O) groups is 1. The molecule has 0 spiro atoms. The van der Waals surface area contributed by atoms with Crippen molar-refractivity contribution in [1.82, 2.24) is 4.90 Å². The van der Waals surface area contributed by atoms with Crippen LogP contribution in [0.2, 0.25) is 0 Å². The number of hydrogen-bond donors (Lipinski definition) is 2. The first-order valence-electron chi connectivity index (χ1n) is 7.74. The lowest BCUT2D eigenvalue weighted by atomic mass is 10.1. The molecule has 1 aliphatic heterocycles. The van der Waals surface area contributed by atoms with Crippen molar-refractivity contribution in [3.8, 4) is 0 Å². The highest BCUT2D eigenvalue weighted by Gasteiger charge is 2.45. The van der Waals surface area contributed by atoms with Crippen LogP contribution in [-0.2, 0) is 23.1 Å². The minimum Gasteiger partial charge on any atom is -0.379 e. The predicted octanol–water partition coefficient (Wildman–Crippen LogP) is 1.39. The Hall–Kier alpha value is -1.02. The number of rotatable bonds is 11. The van der Waals surface area contributed by atoms with E-state index in [1.807, 2.05) is 11.1 Å². The van der Waals surface area contributed by atoms with E-state index in [1.54, 1.807) is 33.1 Å². The van der Waals surface area contributed by atoms with Crippen LogP contribution in [0.4, 0.5) is 0 Å². The van der Waals surface area contributed by atoms with Gasteiger partial charge in [0.1, 0.15) is 12.7 Å². The lowest BCUT2D eigenvalue weighted by molar-refractivity contribution is -0.114. The summed E-state index contributed by atoms with van der Waals surface area (Å²) in [6.07, 6.45) is 5.55. The molecule has 8 nitrogen and oxygen atoms in total. The number of primary amides is 1. The Morgan fingerprint density at radius 1 is 1.46 bits per heavy atom. The maximum absolute atomic E-state index is 11.2. The molecule has 24 heavy (non-hydrogen) atoms. The third-order valence-electron chi connectivity index (χ3n) is 3.35. The van der Waals surface area contributed by atoms with E-state index in [4.69, 9.17) is 24.0 Å². The summed E-state index contributed by atoms with van der Waals surface area (Å²) in [5.74, 6) is -0.420. The minimum atomic E-state index is -3.33. The molecule has 138 valence electrons. The Balaban J connectivity index is 2.44. The third-order valence-corrected chi connectivity index (χ3v) is 4.98. The lowest BCUT2D eigenvalue weighted by Gasteiger charge is -2.25. The average Bonchev–Trinajstić information content (AvgIpc) is 2.54. The summed E-state index contributed by atoms with van der Waals surface area (Å²) in [6.45, 7) is 4.82. The molecular weight excluding hydrogens is 335 g/mol. The largest absolute Gasteiger partial charge is 0.572 e. The van der Waals surface area contributed by atoms with E-state index < -0.39 is 14.1 Å². The Morgan fingerprint density at radius 3 is 2.71 bits per heavy atom. The van der Waals surface area contributed by atoms with Crippen LogP contribution in [0, 0.1) is 0 Å². The molecule has 2 unspecified atom stereocenters. The molecule has 2 atom stereocenters. The molecule has 1 amide bonds. The van der Waals surface area contributed by atoms with Crippen molar-refractivity contribution in [3.63, 3.8) is 0 Å². The number of amides is 1. The number of hydrogen-bond acceptors (Lipinski definition) is 7. The van der Waals surface area contributed by atoms with E-state index in [-0.39, 0.29) is 18.8 Å². The van der Waals surface area contributed by atoms with Crippen molar-refractivity contribution < 1.29 is 28.0 Å². The van der Waals surface area contributed by atoms with Gasteiger partial charge < -0.3 is 15.4 Å². The van der Waals surface area contributed by atoms with Crippen molar-refractivity contribution in [2.24, 2.45) is 5.73 Å². The average molecular weight is 363 g/mol. The molecule has 1 aliphatic rings. The molecule has 0 saturated heterocycles. The van der Waals surface area contributed by atoms with Gasteiger partial charge >= 0.3 is 8.17 Å². The molecule has 0 aromatic rings. The van der Waals surface area contributed by atoms with Crippen LogP contribution < -0.4 is 5.73 Å². The zero-order valence-electron chi connectivity index (χ0n) is 14.7. The molecule has 0 bridgehead atoms. The quantitative estimate of drug-likeness (QED) is 0.535. The van der Waals surface area contributed by atoms with Gasteiger partial charge in [-0.2, -0.15) is 18.5 Å². The van der Waals surface area contributed by atoms with E-state index in [0.717, 1.165) is 0 Å². The molecule has 0 aromatic heterocycles. The summed E-state index contributed by atoms with van der Waals surface area (Å²) in [7, 11) is -0.417. The summed E-state index contributed by atoms with van der Waals surface area (Å²) in [5, 5.41) is 0. The van der Waals surface area contributed by atoms with Gasteiger partial charge in [-0.3, -0.25) is 4.79 Å². The van der Waals surface area contributed by atoms with Gasteiger partial charge in [-0.25, -0.2) is 0 Å². The van der Waals surface area contributed by atoms with Crippen molar-refractivity contribution in [1.29, 1.82) is 0 Å². The molecule has 0 aromatic carbocycles. The molecule has 3 N–H and O–H groups in total. The second-order valence-corrected chi connectivity index (χ2v) is 7.39. The maximum atomic E-state index is 11.2. The second kappa shape index (κ2) is 10.1. The van der Waals surface area contributed by atoms with Gasteiger partial charge in [0.15, 0.2) is 0 Å². The number of methoxy groups -OCH3 is 1. The monoisotopic (exact) mass is 363 g/mol. The number of allylic oxidation sites excluding steroid dienone is 2. The Morgan fingerprint density at radius 2 is 2.17 bits per heavy atom. The van der Waals surface area contributed by atoms with E-state index in [1.165, 1.54) is 7.11 Å². The van der Waals surface area contributed by atoms with Crippen molar-refractivity contribution >= 4 is 14.1 Å². The zero-order chi connectivity index (χ0) is 18.2. The fourth-order valence-electron chi connectivity index (χ4n) is 2.07. The minimum absolute atomic E-state index is 0.136. The standard InChI is InChI=1S/C15H27N2O6P/c1-12(2)23-24(19,21-4)22-11-14(20-3)7-9-17-8-5-6-13(10-17)15(16)18/h5-6,8,12,14,19H,7,9-11H2,1-4H3,(H-,16,18)/p+1. The summed E-state index contributed by atoms with van der Waals surface area (Å²) in [4.78, 5) is 23.3. The van der Waals surface area contributed by atoms with Gasteiger partial charge in [-0.1, -0.05) is 6.08 Å². The van der Waals surface area contributed by atoms with E-state index in [0.29, 0.717) is 25.1 Å². The molecule has 0 fully saturated rings. The second-order valence-electron chi connectivity index (χ2n) is 5.62.